The minimum absolute atomic E-state index is 0.242. The van der Waals surface area contributed by atoms with E-state index in [1.54, 1.807) is 4.90 Å². The van der Waals surface area contributed by atoms with Crippen LogP contribution < -0.4 is 15.1 Å². The van der Waals surface area contributed by atoms with Crippen LogP contribution in [-0.4, -0.2) is 81.1 Å². The van der Waals surface area contributed by atoms with Crippen LogP contribution >= 0.6 is 0 Å². The molecule has 1 fully saturated rings. The van der Waals surface area contributed by atoms with E-state index in [0.29, 0.717) is 43.8 Å². The first-order valence-electron chi connectivity index (χ1n) is 13.5. The summed E-state index contributed by atoms with van der Waals surface area (Å²) in [5.74, 6) is 2.84. The molecular weight excluding hydrogens is 482 g/mol. The molecule has 0 unspecified atom stereocenters. The van der Waals surface area contributed by atoms with Crippen molar-refractivity contribution < 1.29 is 9.53 Å². The van der Waals surface area contributed by atoms with Crippen LogP contribution in [0.5, 0.6) is 0 Å². The zero-order chi connectivity index (χ0) is 27.4. The highest BCUT2D eigenvalue weighted by molar-refractivity contribution is 5.81. The van der Waals surface area contributed by atoms with E-state index < -0.39 is 5.60 Å². The van der Waals surface area contributed by atoms with E-state index in [1.807, 2.05) is 57.0 Å². The van der Waals surface area contributed by atoms with Gasteiger partial charge in [-0.3, -0.25) is 4.68 Å². The van der Waals surface area contributed by atoms with Gasteiger partial charge in [0.05, 0.1) is 11.7 Å². The number of carbonyl (C=O) groups excluding carboxylic acids is 1. The lowest BCUT2D eigenvalue weighted by molar-refractivity contribution is 0.0240. The Kier molecular flexibility index (Phi) is 8.23. The number of hydrogen-bond donors (Lipinski definition) is 1. The number of aromatic nitrogens is 5. The number of hydrogen-bond acceptors (Lipinski definition) is 9. The van der Waals surface area contributed by atoms with Crippen LogP contribution in [-0.2, 0) is 4.74 Å². The van der Waals surface area contributed by atoms with Crippen molar-refractivity contribution in [2.45, 2.75) is 66.0 Å². The van der Waals surface area contributed by atoms with Crippen molar-refractivity contribution in [2.24, 2.45) is 0 Å². The maximum absolute atomic E-state index is 12.5. The summed E-state index contributed by atoms with van der Waals surface area (Å²) in [5, 5.41) is 8.89. The predicted octanol–water partition coefficient (Wildman–Crippen LogP) is 4.84. The highest BCUT2D eigenvalue weighted by Gasteiger charge is 2.27. The third-order valence-corrected chi connectivity index (χ3v) is 6.37. The van der Waals surface area contributed by atoms with Crippen LogP contribution in [0.15, 0.2) is 24.5 Å². The molecule has 3 aromatic heterocycles. The van der Waals surface area contributed by atoms with E-state index in [9.17, 15) is 4.79 Å². The minimum atomic E-state index is -0.511. The van der Waals surface area contributed by atoms with E-state index in [1.165, 1.54) is 0 Å². The van der Waals surface area contributed by atoms with Crippen LogP contribution in [0.4, 0.5) is 28.2 Å². The van der Waals surface area contributed by atoms with Crippen LogP contribution in [0.1, 0.15) is 60.4 Å². The van der Waals surface area contributed by atoms with E-state index in [-0.39, 0.29) is 12.1 Å². The Hall–Kier alpha value is -3.63. The molecule has 0 aliphatic carbocycles. The third-order valence-electron chi connectivity index (χ3n) is 6.37. The van der Waals surface area contributed by atoms with Gasteiger partial charge in [-0.1, -0.05) is 13.3 Å². The average molecular weight is 524 g/mol. The number of ether oxygens (including phenoxy) is 1. The fraction of sp³-hybridized carbons (Fsp3) is 0.593. The van der Waals surface area contributed by atoms with Gasteiger partial charge < -0.3 is 24.8 Å². The molecule has 1 N–H and O–H groups in total. The Labute approximate surface area is 225 Å². The molecule has 11 heteroatoms. The van der Waals surface area contributed by atoms with Gasteiger partial charge in [0.2, 0.25) is 5.95 Å². The fourth-order valence-corrected chi connectivity index (χ4v) is 4.31. The molecule has 1 saturated heterocycles. The second-order valence-electron chi connectivity index (χ2n) is 11.1. The molecule has 38 heavy (non-hydrogen) atoms. The summed E-state index contributed by atoms with van der Waals surface area (Å²) in [7, 11) is 2.02. The van der Waals surface area contributed by atoms with Gasteiger partial charge in [-0.2, -0.15) is 15.1 Å². The number of carbonyl (C=O) groups is 1. The van der Waals surface area contributed by atoms with Crippen molar-refractivity contribution in [3.8, 4) is 0 Å². The lowest BCUT2D eigenvalue weighted by Gasteiger charge is -2.36. The Morgan fingerprint density at radius 2 is 1.84 bits per heavy atom. The van der Waals surface area contributed by atoms with Crippen LogP contribution in [0.2, 0.25) is 0 Å². The first kappa shape index (κ1) is 27.4. The number of rotatable bonds is 8. The summed E-state index contributed by atoms with van der Waals surface area (Å²) >= 11 is 0. The highest BCUT2D eigenvalue weighted by Crippen LogP contribution is 2.26. The van der Waals surface area contributed by atoms with Crippen molar-refractivity contribution in [1.82, 2.24) is 29.6 Å². The first-order valence-corrected chi connectivity index (χ1v) is 13.5. The Morgan fingerprint density at radius 3 is 2.50 bits per heavy atom. The molecular formula is C27H41N9O2. The quantitative estimate of drug-likeness (QED) is 0.444. The number of unbranched alkanes of at least 4 members (excludes halogenated alkanes) is 1. The van der Waals surface area contributed by atoms with Gasteiger partial charge in [-0.15, -0.1) is 0 Å². The Bertz CT molecular complexity index is 1240. The molecule has 0 atom stereocenters. The zero-order valence-corrected chi connectivity index (χ0v) is 23.7. The van der Waals surface area contributed by atoms with Crippen molar-refractivity contribution in [1.29, 1.82) is 0 Å². The second-order valence-corrected chi connectivity index (χ2v) is 11.1. The van der Waals surface area contributed by atoms with Gasteiger partial charge in [0, 0.05) is 69.5 Å². The topological polar surface area (TPSA) is 105 Å². The summed E-state index contributed by atoms with van der Waals surface area (Å²) < 4.78 is 7.54. The van der Waals surface area contributed by atoms with E-state index in [4.69, 9.17) is 14.7 Å². The SMILES string of the molecule is CCCCN(C)c1nc(Nc2cc3c(cn2)cnn3C(C)C)cc(N2CCN(C(=O)OC(C)(C)C)CC2)n1. The minimum Gasteiger partial charge on any atom is -0.444 e. The van der Waals surface area contributed by atoms with Crippen LogP contribution in [0.3, 0.4) is 0 Å². The molecule has 3 aromatic rings. The average Bonchev–Trinajstić information content (AvgIpc) is 3.30. The van der Waals surface area contributed by atoms with Gasteiger partial charge >= 0.3 is 6.09 Å². The number of nitrogens with zero attached hydrogens (tertiary/aromatic N) is 8. The van der Waals surface area contributed by atoms with Crippen molar-refractivity contribution in [3.05, 3.63) is 24.5 Å². The second kappa shape index (κ2) is 11.4. The summed E-state index contributed by atoms with van der Waals surface area (Å²) in [6.45, 7) is 15.4. The lowest BCUT2D eigenvalue weighted by atomic mass is 10.2. The summed E-state index contributed by atoms with van der Waals surface area (Å²) in [6.07, 6.45) is 5.54. The summed E-state index contributed by atoms with van der Waals surface area (Å²) in [4.78, 5) is 32.9. The van der Waals surface area contributed by atoms with E-state index in [0.717, 1.165) is 36.1 Å². The molecule has 1 amide bonds. The van der Waals surface area contributed by atoms with Crippen molar-refractivity contribution in [2.75, 3.05) is 54.9 Å². The standard InChI is InChI=1S/C27H41N9O2/c1-8-9-10-33(7)25-31-23(30-22-15-21-20(17-28-22)18-29-36(21)19(2)3)16-24(32-25)34-11-13-35(14-12-34)26(37)38-27(4,5)6/h15-19H,8-14H2,1-7H3,(H,28,30,31,32). The molecule has 1 aliphatic heterocycles. The molecule has 0 aromatic carbocycles. The Balaban J connectivity index is 1.57. The third kappa shape index (κ3) is 6.62. The monoisotopic (exact) mass is 523 g/mol. The number of nitrogens with one attached hydrogen (secondary N) is 1. The van der Waals surface area contributed by atoms with Gasteiger partial charge in [0.15, 0.2) is 0 Å². The first-order chi connectivity index (χ1) is 18.0. The number of amides is 1. The highest BCUT2D eigenvalue weighted by atomic mass is 16.6. The van der Waals surface area contributed by atoms with Gasteiger partial charge in [-0.25, -0.2) is 9.78 Å². The fourth-order valence-electron chi connectivity index (χ4n) is 4.31. The van der Waals surface area contributed by atoms with Crippen LogP contribution in [0.25, 0.3) is 10.9 Å². The molecule has 0 spiro atoms. The smallest absolute Gasteiger partial charge is 0.410 e. The molecule has 11 nitrogen and oxygen atoms in total. The number of fused-ring (bicyclic) bond motifs is 1. The van der Waals surface area contributed by atoms with Crippen molar-refractivity contribution >= 4 is 40.4 Å². The van der Waals surface area contributed by atoms with Gasteiger partial charge in [-0.05, 0) is 41.0 Å². The molecule has 0 radical (unpaired) electrons. The maximum atomic E-state index is 12.5. The normalized spacial score (nSPS) is 14.3. The molecule has 4 rings (SSSR count). The van der Waals surface area contributed by atoms with Crippen molar-refractivity contribution in [3.63, 3.8) is 0 Å². The molecule has 0 saturated carbocycles. The molecule has 4 heterocycles. The van der Waals surface area contributed by atoms with E-state index >= 15 is 0 Å². The number of pyridine rings is 1. The van der Waals surface area contributed by atoms with Crippen LogP contribution in [0, 0.1) is 0 Å². The molecule has 1 aliphatic rings. The molecule has 206 valence electrons. The van der Waals surface area contributed by atoms with Gasteiger partial charge in [0.1, 0.15) is 23.1 Å². The summed E-state index contributed by atoms with van der Waals surface area (Å²) in [5.41, 5.74) is 0.508. The number of piperazine rings is 1. The zero-order valence-electron chi connectivity index (χ0n) is 23.7. The summed E-state index contributed by atoms with van der Waals surface area (Å²) in [6, 6.07) is 4.20. The predicted molar refractivity (Wildman–Crippen MR) is 151 cm³/mol. The lowest BCUT2D eigenvalue weighted by Crippen LogP contribution is -2.50. The Morgan fingerprint density at radius 1 is 1.11 bits per heavy atom. The largest absolute Gasteiger partial charge is 0.444 e. The number of anilines is 4. The molecule has 0 bridgehead atoms. The maximum Gasteiger partial charge on any atom is 0.410 e. The van der Waals surface area contributed by atoms with E-state index in [2.05, 4.69) is 46.0 Å². The van der Waals surface area contributed by atoms with Gasteiger partial charge in [0.25, 0.3) is 0 Å².